The molecule has 0 aromatic rings. The van der Waals surface area contributed by atoms with Crippen molar-refractivity contribution in [1.29, 1.82) is 0 Å². The van der Waals surface area contributed by atoms with Gasteiger partial charge in [0.15, 0.2) is 6.29 Å². The molecular weight excluding hydrogens is 192 g/mol. The number of allylic oxidation sites excluding steroid dienone is 2. The summed E-state index contributed by atoms with van der Waals surface area (Å²) in [6.45, 7) is 5.77. The largest absolute Gasteiger partial charge is 0.356 e. The normalized spacial score (nSPS) is 29.1. The minimum Gasteiger partial charge on any atom is -0.356 e. The van der Waals surface area contributed by atoms with Crippen LogP contribution in [0.2, 0.25) is 0 Å². The monoisotopic (exact) mass is 210 g/mol. The molecule has 0 aromatic carbocycles. The van der Waals surface area contributed by atoms with Crippen LogP contribution in [0.4, 0.5) is 0 Å². The third-order valence-corrected chi connectivity index (χ3v) is 2.06. The Balaban J connectivity index is 2.64. The van der Waals surface area contributed by atoms with Gasteiger partial charge in [0.1, 0.15) is 0 Å². The number of nitrogens with one attached hydrogen (secondary N) is 3. The van der Waals surface area contributed by atoms with Crippen molar-refractivity contribution in [3.05, 3.63) is 24.4 Å². The minimum atomic E-state index is -0.262. The molecule has 0 saturated carbocycles. The van der Waals surface area contributed by atoms with Gasteiger partial charge in [-0.3, -0.25) is 10.1 Å². The lowest BCUT2D eigenvalue weighted by Crippen LogP contribution is -2.53. The highest BCUT2D eigenvalue weighted by molar-refractivity contribution is 5.73. The van der Waals surface area contributed by atoms with Crippen molar-refractivity contribution in [2.24, 2.45) is 5.73 Å². The molecule has 5 heteroatoms. The highest BCUT2D eigenvalue weighted by atomic mass is 16.1. The average Bonchev–Trinajstić information content (AvgIpc) is 2.28. The zero-order chi connectivity index (χ0) is 11.3. The van der Waals surface area contributed by atoms with Gasteiger partial charge < -0.3 is 16.4 Å². The fourth-order valence-electron chi connectivity index (χ4n) is 1.47. The first-order valence-corrected chi connectivity index (χ1v) is 4.96. The van der Waals surface area contributed by atoms with Gasteiger partial charge in [-0.15, -0.1) is 0 Å². The summed E-state index contributed by atoms with van der Waals surface area (Å²) in [5.41, 5.74) is 6.83. The van der Waals surface area contributed by atoms with Gasteiger partial charge >= 0.3 is 0 Å². The second-order valence-electron chi connectivity index (χ2n) is 3.58. The van der Waals surface area contributed by atoms with E-state index in [1.807, 2.05) is 6.08 Å². The van der Waals surface area contributed by atoms with E-state index in [4.69, 9.17) is 5.73 Å². The molecule has 84 valence electrons. The summed E-state index contributed by atoms with van der Waals surface area (Å²) in [7, 11) is 0. The molecule has 1 aliphatic rings. The van der Waals surface area contributed by atoms with Crippen LogP contribution in [0.5, 0.6) is 0 Å². The van der Waals surface area contributed by atoms with Gasteiger partial charge in [-0.05, 0) is 6.08 Å². The zero-order valence-corrected chi connectivity index (χ0v) is 8.92. The third-order valence-electron chi connectivity index (χ3n) is 2.06. The van der Waals surface area contributed by atoms with Crippen LogP contribution in [0.3, 0.4) is 0 Å². The Morgan fingerprint density at radius 1 is 1.73 bits per heavy atom. The number of nitrogens with two attached hydrogens (primary N) is 1. The summed E-state index contributed by atoms with van der Waals surface area (Å²) in [6, 6.07) is 0.0439. The maximum absolute atomic E-state index is 10.9. The summed E-state index contributed by atoms with van der Waals surface area (Å²) < 4.78 is 0. The van der Waals surface area contributed by atoms with Crippen molar-refractivity contribution < 1.29 is 4.79 Å². The minimum absolute atomic E-state index is 0.0439. The highest BCUT2D eigenvalue weighted by Crippen LogP contribution is 2.04. The fraction of sp³-hybridized carbons (Fsp3) is 0.500. The summed E-state index contributed by atoms with van der Waals surface area (Å²) in [5, 5.41) is 8.99. The molecule has 1 heterocycles. The Labute approximate surface area is 89.8 Å². The first-order chi connectivity index (χ1) is 7.11. The van der Waals surface area contributed by atoms with Gasteiger partial charge in [-0.1, -0.05) is 12.7 Å². The molecule has 2 unspecified atom stereocenters. The molecule has 0 bridgehead atoms. The van der Waals surface area contributed by atoms with Gasteiger partial charge in [-0.25, -0.2) is 0 Å². The van der Waals surface area contributed by atoms with Crippen molar-refractivity contribution in [2.45, 2.75) is 25.7 Å². The van der Waals surface area contributed by atoms with Crippen LogP contribution in [-0.2, 0) is 4.79 Å². The van der Waals surface area contributed by atoms with Crippen LogP contribution < -0.4 is 21.7 Å². The van der Waals surface area contributed by atoms with E-state index in [0.717, 1.165) is 12.1 Å². The lowest BCUT2D eigenvalue weighted by molar-refractivity contribution is -0.120. The average molecular weight is 210 g/mol. The predicted octanol–water partition coefficient (Wildman–Crippen LogP) is -0.614. The van der Waals surface area contributed by atoms with E-state index >= 15 is 0 Å². The molecule has 5 N–H and O–H groups in total. The SMILES string of the molecule is C=C/C=C1\CC(N)CNC(NC(C)=O)N1. The van der Waals surface area contributed by atoms with Gasteiger partial charge in [0.2, 0.25) is 5.91 Å². The van der Waals surface area contributed by atoms with E-state index in [-0.39, 0.29) is 18.2 Å². The van der Waals surface area contributed by atoms with Crippen LogP contribution >= 0.6 is 0 Å². The van der Waals surface area contributed by atoms with E-state index in [0.29, 0.717) is 6.54 Å². The van der Waals surface area contributed by atoms with E-state index in [1.165, 1.54) is 6.92 Å². The maximum atomic E-state index is 10.9. The molecule has 0 aromatic heterocycles. The Bertz CT molecular complexity index is 275. The van der Waals surface area contributed by atoms with Crippen LogP contribution in [0.25, 0.3) is 0 Å². The topological polar surface area (TPSA) is 79.2 Å². The molecule has 5 nitrogen and oxygen atoms in total. The van der Waals surface area contributed by atoms with Crippen molar-refractivity contribution >= 4 is 5.91 Å². The molecule has 0 radical (unpaired) electrons. The van der Waals surface area contributed by atoms with E-state index in [2.05, 4.69) is 22.5 Å². The lowest BCUT2D eigenvalue weighted by atomic mass is 10.2. The molecule has 1 amide bonds. The molecule has 2 atom stereocenters. The van der Waals surface area contributed by atoms with E-state index < -0.39 is 0 Å². The molecule has 1 aliphatic heterocycles. The summed E-state index contributed by atoms with van der Waals surface area (Å²) in [6.07, 6.45) is 4.05. The first-order valence-electron chi connectivity index (χ1n) is 4.96. The van der Waals surface area contributed by atoms with Crippen LogP contribution in [0, 0.1) is 0 Å². The fourth-order valence-corrected chi connectivity index (χ4v) is 1.47. The maximum Gasteiger partial charge on any atom is 0.219 e. The summed E-state index contributed by atoms with van der Waals surface area (Å²) in [4.78, 5) is 10.9. The van der Waals surface area contributed by atoms with Gasteiger partial charge in [0.05, 0.1) is 0 Å². The molecule has 0 aliphatic carbocycles. The van der Waals surface area contributed by atoms with Crippen molar-refractivity contribution in [1.82, 2.24) is 16.0 Å². The number of carbonyl (C=O) groups excluding carboxylic acids is 1. The predicted molar refractivity (Wildman–Crippen MR) is 59.6 cm³/mol. The van der Waals surface area contributed by atoms with Gasteiger partial charge in [0, 0.05) is 31.6 Å². The standard InChI is InChI=1S/C10H18N4O/c1-3-4-9-5-8(11)6-12-10(14-9)13-7(2)15/h3-4,8,10,12,14H,1,5-6,11H2,2H3,(H,13,15)/b9-4+. The lowest BCUT2D eigenvalue weighted by Gasteiger charge is -2.19. The number of rotatable bonds is 2. The number of carbonyl (C=O) groups is 1. The van der Waals surface area contributed by atoms with E-state index in [1.54, 1.807) is 6.08 Å². The molecule has 15 heavy (non-hydrogen) atoms. The Kier molecular flexibility index (Phi) is 4.33. The van der Waals surface area contributed by atoms with Crippen molar-refractivity contribution in [2.75, 3.05) is 6.54 Å². The number of hydrogen-bond acceptors (Lipinski definition) is 4. The first kappa shape index (κ1) is 11.7. The Morgan fingerprint density at radius 3 is 3.07 bits per heavy atom. The Hall–Kier alpha value is -1.33. The number of amides is 1. The summed E-state index contributed by atoms with van der Waals surface area (Å²) in [5.74, 6) is -0.0894. The molecule has 1 fully saturated rings. The second-order valence-corrected chi connectivity index (χ2v) is 3.58. The third kappa shape index (κ3) is 4.14. The van der Waals surface area contributed by atoms with Gasteiger partial charge in [-0.2, -0.15) is 0 Å². The van der Waals surface area contributed by atoms with Crippen LogP contribution in [-0.4, -0.2) is 24.8 Å². The van der Waals surface area contributed by atoms with E-state index in [9.17, 15) is 4.79 Å². The molecule has 1 saturated heterocycles. The quantitative estimate of drug-likeness (QED) is 0.490. The highest BCUT2D eigenvalue weighted by Gasteiger charge is 2.17. The van der Waals surface area contributed by atoms with Crippen molar-refractivity contribution in [3.63, 3.8) is 0 Å². The van der Waals surface area contributed by atoms with Crippen molar-refractivity contribution in [3.8, 4) is 0 Å². The van der Waals surface area contributed by atoms with Crippen LogP contribution in [0.15, 0.2) is 24.4 Å². The van der Waals surface area contributed by atoms with Crippen LogP contribution in [0.1, 0.15) is 13.3 Å². The summed E-state index contributed by atoms with van der Waals surface area (Å²) >= 11 is 0. The smallest absolute Gasteiger partial charge is 0.219 e. The molecular formula is C10H18N4O. The second kappa shape index (κ2) is 5.53. The Morgan fingerprint density at radius 2 is 2.47 bits per heavy atom. The molecule has 1 rings (SSSR count). The number of hydrogen-bond donors (Lipinski definition) is 4. The molecule has 0 spiro atoms. The zero-order valence-electron chi connectivity index (χ0n) is 8.92. The van der Waals surface area contributed by atoms with Gasteiger partial charge in [0.25, 0.3) is 0 Å².